The summed E-state index contributed by atoms with van der Waals surface area (Å²) >= 11 is 0. The largest absolute Gasteiger partial charge is 0.469 e. The Morgan fingerprint density at radius 2 is 1.86 bits per heavy atom. The molecule has 1 nitrogen and oxygen atoms in total. The van der Waals surface area contributed by atoms with Crippen molar-refractivity contribution in [3.63, 3.8) is 0 Å². The molecule has 1 aromatic heterocycles. The molecule has 0 bridgehead atoms. The smallest absolute Gasteiger partial charge is 0.108 e. The van der Waals surface area contributed by atoms with E-state index in [1.54, 1.807) is 0 Å². The number of furan rings is 1. The van der Waals surface area contributed by atoms with Gasteiger partial charge in [0.2, 0.25) is 0 Å². The van der Waals surface area contributed by atoms with Crippen molar-refractivity contribution >= 4 is 5.57 Å². The van der Waals surface area contributed by atoms with Crippen LogP contribution >= 0.6 is 0 Å². The summed E-state index contributed by atoms with van der Waals surface area (Å²) in [5.74, 6) is 1.01. The summed E-state index contributed by atoms with van der Waals surface area (Å²) in [6, 6.07) is 0. The van der Waals surface area contributed by atoms with Gasteiger partial charge in [-0.2, -0.15) is 0 Å². The normalized spacial score (nSPS) is 13.4. The Labute approximate surface area is 86.8 Å². The molecular weight excluding hydrogens is 172 g/mol. The molecule has 0 unspecified atom stereocenters. The van der Waals surface area contributed by atoms with Crippen LogP contribution in [0.3, 0.4) is 0 Å². The van der Waals surface area contributed by atoms with Crippen LogP contribution in [0.2, 0.25) is 0 Å². The second kappa shape index (κ2) is 3.64. The molecule has 0 radical (unpaired) electrons. The van der Waals surface area contributed by atoms with Crippen LogP contribution in [0.1, 0.15) is 44.6 Å². The standard InChI is InChI=1S/C13H20O/c1-9(7-13(4,5)6)12-10(2)8-14-11(12)3/h7-8H,1-6H3/b9-7+. The maximum Gasteiger partial charge on any atom is 0.108 e. The van der Waals surface area contributed by atoms with E-state index in [1.807, 2.05) is 13.2 Å². The van der Waals surface area contributed by atoms with Gasteiger partial charge >= 0.3 is 0 Å². The number of allylic oxidation sites excluding steroid dienone is 2. The lowest BCUT2D eigenvalue weighted by molar-refractivity contribution is 0.531. The van der Waals surface area contributed by atoms with Gasteiger partial charge < -0.3 is 4.42 Å². The third kappa shape index (κ3) is 2.50. The van der Waals surface area contributed by atoms with Gasteiger partial charge in [0.1, 0.15) is 5.76 Å². The molecular formula is C13H20O. The first kappa shape index (κ1) is 11.1. The van der Waals surface area contributed by atoms with Crippen molar-refractivity contribution < 1.29 is 4.42 Å². The lowest BCUT2D eigenvalue weighted by Gasteiger charge is -2.14. The van der Waals surface area contributed by atoms with Crippen LogP contribution in [0.25, 0.3) is 5.57 Å². The first-order chi connectivity index (χ1) is 6.31. The van der Waals surface area contributed by atoms with Gasteiger partial charge in [-0.05, 0) is 37.3 Å². The highest BCUT2D eigenvalue weighted by Crippen LogP contribution is 2.28. The molecule has 0 aliphatic rings. The highest BCUT2D eigenvalue weighted by atomic mass is 16.3. The summed E-state index contributed by atoms with van der Waals surface area (Å²) in [4.78, 5) is 0. The molecule has 0 amide bonds. The number of aryl methyl sites for hydroxylation is 2. The third-order valence-corrected chi connectivity index (χ3v) is 2.20. The molecule has 0 saturated carbocycles. The first-order valence-electron chi connectivity index (χ1n) is 5.06. The van der Waals surface area contributed by atoms with Crippen molar-refractivity contribution in [2.45, 2.75) is 41.5 Å². The lowest BCUT2D eigenvalue weighted by Crippen LogP contribution is -2.00. The average molecular weight is 192 g/mol. The Morgan fingerprint density at radius 3 is 2.21 bits per heavy atom. The molecule has 0 aliphatic carbocycles. The van der Waals surface area contributed by atoms with Gasteiger partial charge in [0.15, 0.2) is 0 Å². The fourth-order valence-electron chi connectivity index (χ4n) is 1.88. The van der Waals surface area contributed by atoms with Crippen LogP contribution in [-0.4, -0.2) is 0 Å². The second-order valence-electron chi connectivity index (χ2n) is 5.04. The average Bonchev–Trinajstić information content (AvgIpc) is 2.27. The minimum atomic E-state index is 0.222. The number of hydrogen-bond acceptors (Lipinski definition) is 1. The SMILES string of the molecule is C/C(=C\C(C)(C)C)c1c(C)coc1C. The Kier molecular flexibility index (Phi) is 2.89. The Morgan fingerprint density at radius 1 is 1.29 bits per heavy atom. The van der Waals surface area contributed by atoms with Crippen molar-refractivity contribution in [3.8, 4) is 0 Å². The zero-order valence-electron chi connectivity index (χ0n) is 10.1. The van der Waals surface area contributed by atoms with Gasteiger partial charge in [0.05, 0.1) is 6.26 Å². The Hall–Kier alpha value is -0.980. The topological polar surface area (TPSA) is 13.1 Å². The fraction of sp³-hybridized carbons (Fsp3) is 0.538. The van der Waals surface area contributed by atoms with Crippen LogP contribution in [0, 0.1) is 19.3 Å². The van der Waals surface area contributed by atoms with Crippen molar-refractivity contribution in [1.82, 2.24) is 0 Å². The summed E-state index contributed by atoms with van der Waals surface area (Å²) in [6.45, 7) is 12.9. The first-order valence-corrected chi connectivity index (χ1v) is 5.06. The van der Waals surface area contributed by atoms with Gasteiger partial charge in [-0.15, -0.1) is 0 Å². The zero-order chi connectivity index (χ0) is 10.9. The van der Waals surface area contributed by atoms with E-state index in [0.717, 1.165) is 5.76 Å². The zero-order valence-corrected chi connectivity index (χ0v) is 10.1. The van der Waals surface area contributed by atoms with E-state index in [4.69, 9.17) is 4.42 Å². The molecule has 0 aliphatic heterocycles. The summed E-state index contributed by atoms with van der Waals surface area (Å²) < 4.78 is 5.39. The second-order valence-corrected chi connectivity index (χ2v) is 5.04. The highest BCUT2D eigenvalue weighted by Gasteiger charge is 2.12. The fourth-order valence-corrected chi connectivity index (χ4v) is 1.88. The molecule has 0 fully saturated rings. The molecule has 0 spiro atoms. The summed E-state index contributed by atoms with van der Waals surface area (Å²) in [7, 11) is 0. The van der Waals surface area contributed by atoms with Crippen molar-refractivity contribution in [3.05, 3.63) is 29.2 Å². The van der Waals surface area contributed by atoms with E-state index in [9.17, 15) is 0 Å². The van der Waals surface area contributed by atoms with Gasteiger partial charge in [-0.25, -0.2) is 0 Å². The van der Waals surface area contributed by atoms with Gasteiger partial charge in [-0.3, -0.25) is 0 Å². The van der Waals surface area contributed by atoms with Crippen LogP contribution in [0.15, 0.2) is 16.8 Å². The van der Waals surface area contributed by atoms with Crippen molar-refractivity contribution in [2.75, 3.05) is 0 Å². The third-order valence-electron chi connectivity index (χ3n) is 2.20. The maximum atomic E-state index is 5.39. The van der Waals surface area contributed by atoms with Crippen LogP contribution in [0.4, 0.5) is 0 Å². The van der Waals surface area contributed by atoms with Crippen LogP contribution in [-0.2, 0) is 0 Å². The maximum absolute atomic E-state index is 5.39. The molecule has 0 atom stereocenters. The van der Waals surface area contributed by atoms with Gasteiger partial charge in [0, 0.05) is 5.56 Å². The van der Waals surface area contributed by atoms with E-state index in [-0.39, 0.29) is 5.41 Å². The van der Waals surface area contributed by atoms with E-state index in [1.165, 1.54) is 16.7 Å². The Balaban J connectivity index is 3.12. The Bertz CT molecular complexity index is 328. The quantitative estimate of drug-likeness (QED) is 0.645. The molecule has 1 heterocycles. The molecule has 0 saturated heterocycles. The van der Waals surface area contributed by atoms with Gasteiger partial charge in [-0.1, -0.05) is 26.8 Å². The molecule has 78 valence electrons. The molecule has 1 aromatic rings. The predicted octanol–water partition coefficient (Wildman–Crippen LogP) is 4.35. The minimum Gasteiger partial charge on any atom is -0.469 e. The van der Waals surface area contributed by atoms with Crippen molar-refractivity contribution in [1.29, 1.82) is 0 Å². The molecule has 0 aromatic carbocycles. The van der Waals surface area contributed by atoms with Crippen molar-refractivity contribution in [2.24, 2.45) is 5.41 Å². The molecule has 14 heavy (non-hydrogen) atoms. The molecule has 1 heteroatoms. The molecule has 1 rings (SSSR count). The number of rotatable bonds is 1. The summed E-state index contributed by atoms with van der Waals surface area (Å²) in [5, 5.41) is 0. The molecule has 0 N–H and O–H groups in total. The van der Waals surface area contributed by atoms with Gasteiger partial charge in [0.25, 0.3) is 0 Å². The van der Waals surface area contributed by atoms with E-state index >= 15 is 0 Å². The monoisotopic (exact) mass is 192 g/mol. The van der Waals surface area contributed by atoms with Crippen LogP contribution in [0.5, 0.6) is 0 Å². The minimum absolute atomic E-state index is 0.222. The summed E-state index contributed by atoms with van der Waals surface area (Å²) in [5.41, 5.74) is 4.02. The van der Waals surface area contributed by atoms with E-state index in [2.05, 4.69) is 40.7 Å². The highest BCUT2D eigenvalue weighted by molar-refractivity contribution is 5.68. The van der Waals surface area contributed by atoms with Crippen LogP contribution < -0.4 is 0 Å². The lowest BCUT2D eigenvalue weighted by atomic mass is 9.91. The summed E-state index contributed by atoms with van der Waals surface area (Å²) in [6.07, 6.45) is 4.11. The predicted molar refractivity (Wildman–Crippen MR) is 61.3 cm³/mol. The van der Waals surface area contributed by atoms with E-state index < -0.39 is 0 Å². The van der Waals surface area contributed by atoms with E-state index in [0.29, 0.717) is 0 Å². The number of hydrogen-bond donors (Lipinski definition) is 0.